The maximum atomic E-state index is 11.5. The standard InChI is InChI=1S/C13H18N5O4P/c14-13-11-3-2-10(18(11)16-8-15-13)12-4-1-9(22-12)7-21-23(20)17-5-6-19/h2-3,6,8-9,12,23H,1,4-5,7H2,(H,17,20)(H2,14,15,16). The van der Waals surface area contributed by atoms with Crippen LogP contribution in [0.15, 0.2) is 18.5 Å². The van der Waals surface area contributed by atoms with Crippen molar-refractivity contribution < 1.29 is 18.6 Å². The Morgan fingerprint density at radius 1 is 1.52 bits per heavy atom. The van der Waals surface area contributed by atoms with Crippen LogP contribution in [-0.2, 0) is 18.6 Å². The fourth-order valence-corrected chi connectivity index (χ4v) is 3.30. The van der Waals surface area contributed by atoms with E-state index in [1.165, 1.54) is 6.33 Å². The highest BCUT2D eigenvalue weighted by Gasteiger charge is 2.29. The quantitative estimate of drug-likeness (QED) is 0.559. The van der Waals surface area contributed by atoms with Crippen LogP contribution in [0.2, 0.25) is 0 Å². The Balaban J connectivity index is 1.60. The third-order valence-corrected chi connectivity index (χ3v) is 4.60. The zero-order valence-electron chi connectivity index (χ0n) is 12.3. The summed E-state index contributed by atoms with van der Waals surface area (Å²) < 4.78 is 24.4. The molecule has 3 unspecified atom stereocenters. The van der Waals surface area contributed by atoms with E-state index >= 15 is 0 Å². The largest absolute Gasteiger partial charge is 0.382 e. The number of aromatic nitrogens is 3. The molecule has 3 heterocycles. The lowest BCUT2D eigenvalue weighted by Crippen LogP contribution is -2.16. The van der Waals surface area contributed by atoms with E-state index in [9.17, 15) is 9.36 Å². The molecule has 9 nitrogen and oxygen atoms in total. The lowest BCUT2D eigenvalue weighted by atomic mass is 10.1. The number of nitrogens with one attached hydrogen (secondary N) is 1. The van der Waals surface area contributed by atoms with Crippen LogP contribution in [0.4, 0.5) is 5.82 Å². The Labute approximate surface area is 133 Å². The van der Waals surface area contributed by atoms with Gasteiger partial charge in [0.1, 0.15) is 24.2 Å². The van der Waals surface area contributed by atoms with Crippen molar-refractivity contribution in [2.24, 2.45) is 0 Å². The number of hydrogen-bond donors (Lipinski definition) is 2. The van der Waals surface area contributed by atoms with Gasteiger partial charge in [0.25, 0.3) is 8.18 Å². The predicted molar refractivity (Wildman–Crippen MR) is 83.3 cm³/mol. The van der Waals surface area contributed by atoms with Gasteiger partial charge in [-0.1, -0.05) is 0 Å². The Morgan fingerprint density at radius 2 is 2.39 bits per heavy atom. The Kier molecular flexibility index (Phi) is 5.02. The first-order valence-corrected chi connectivity index (χ1v) is 8.58. The van der Waals surface area contributed by atoms with Gasteiger partial charge in [-0.3, -0.25) is 4.57 Å². The van der Waals surface area contributed by atoms with Crippen molar-refractivity contribution in [2.45, 2.75) is 25.0 Å². The number of ether oxygens (including phenoxy) is 1. The smallest absolute Gasteiger partial charge is 0.258 e. The topological polar surface area (TPSA) is 121 Å². The molecule has 3 atom stereocenters. The van der Waals surface area contributed by atoms with Gasteiger partial charge in [-0.2, -0.15) is 5.10 Å². The van der Waals surface area contributed by atoms with Crippen LogP contribution in [0, 0.1) is 0 Å². The fraction of sp³-hybridized carbons (Fsp3) is 0.462. The summed E-state index contributed by atoms with van der Waals surface area (Å²) in [4.78, 5) is 14.1. The van der Waals surface area contributed by atoms with Crippen LogP contribution in [0.25, 0.3) is 5.52 Å². The number of anilines is 1. The molecule has 1 aliphatic heterocycles. The van der Waals surface area contributed by atoms with Crippen molar-refractivity contribution in [3.63, 3.8) is 0 Å². The third kappa shape index (κ3) is 3.59. The van der Waals surface area contributed by atoms with Crippen molar-refractivity contribution in [2.75, 3.05) is 18.9 Å². The van der Waals surface area contributed by atoms with Gasteiger partial charge < -0.3 is 19.8 Å². The van der Waals surface area contributed by atoms with Crippen LogP contribution >= 0.6 is 8.18 Å². The van der Waals surface area contributed by atoms with Gasteiger partial charge in [-0.25, -0.2) is 14.6 Å². The van der Waals surface area contributed by atoms with Crippen LogP contribution in [0.5, 0.6) is 0 Å². The first-order chi connectivity index (χ1) is 11.2. The number of fused-ring (bicyclic) bond motifs is 1. The van der Waals surface area contributed by atoms with E-state index in [2.05, 4.69) is 15.2 Å². The van der Waals surface area contributed by atoms with Crippen molar-refractivity contribution in [1.82, 2.24) is 19.7 Å². The van der Waals surface area contributed by atoms with Crippen LogP contribution in [0.1, 0.15) is 24.6 Å². The molecule has 0 bridgehead atoms. The molecule has 3 rings (SSSR count). The Hall–Kier alpha value is -1.80. The van der Waals surface area contributed by atoms with E-state index in [-0.39, 0.29) is 25.4 Å². The first kappa shape index (κ1) is 16.1. The number of carbonyl (C=O) groups is 1. The average molecular weight is 339 g/mol. The summed E-state index contributed by atoms with van der Waals surface area (Å²) >= 11 is 0. The van der Waals surface area contributed by atoms with Gasteiger partial charge in [-0.05, 0) is 25.0 Å². The molecule has 0 aliphatic carbocycles. The van der Waals surface area contributed by atoms with E-state index < -0.39 is 8.18 Å². The number of carbonyl (C=O) groups excluding carboxylic acids is 1. The molecule has 124 valence electrons. The summed E-state index contributed by atoms with van der Waals surface area (Å²) in [6.45, 7) is 0.240. The minimum Gasteiger partial charge on any atom is -0.382 e. The summed E-state index contributed by atoms with van der Waals surface area (Å²) in [5.74, 6) is 0.420. The van der Waals surface area contributed by atoms with E-state index in [1.807, 2.05) is 12.1 Å². The fourth-order valence-electron chi connectivity index (χ4n) is 2.61. The maximum Gasteiger partial charge on any atom is 0.258 e. The highest BCUT2D eigenvalue weighted by Crippen LogP contribution is 2.34. The SMILES string of the molecule is Nc1ncnn2c(C3CCC(CO[PH](=O)NCC=O)O3)ccc12. The average Bonchev–Trinajstić information content (AvgIpc) is 3.18. The van der Waals surface area contributed by atoms with E-state index in [0.29, 0.717) is 12.1 Å². The van der Waals surface area contributed by atoms with Crippen molar-refractivity contribution in [1.29, 1.82) is 0 Å². The zero-order valence-corrected chi connectivity index (χ0v) is 13.3. The second-order valence-corrected chi connectivity index (χ2v) is 6.39. The van der Waals surface area contributed by atoms with Gasteiger partial charge in [-0.15, -0.1) is 0 Å². The minimum absolute atomic E-state index is 0.0171. The maximum absolute atomic E-state index is 11.5. The van der Waals surface area contributed by atoms with Crippen LogP contribution in [-0.4, -0.2) is 40.1 Å². The van der Waals surface area contributed by atoms with Crippen molar-refractivity contribution in [3.05, 3.63) is 24.2 Å². The van der Waals surface area contributed by atoms with Gasteiger partial charge >= 0.3 is 0 Å². The van der Waals surface area contributed by atoms with E-state index in [1.54, 1.807) is 4.52 Å². The number of rotatable bonds is 7. The van der Waals surface area contributed by atoms with Gasteiger partial charge in [0.05, 0.1) is 24.9 Å². The molecule has 0 saturated carbocycles. The van der Waals surface area contributed by atoms with Crippen molar-refractivity contribution in [3.8, 4) is 0 Å². The second kappa shape index (κ2) is 7.18. The summed E-state index contributed by atoms with van der Waals surface area (Å²) in [6, 6.07) is 3.78. The molecule has 3 N–H and O–H groups in total. The monoisotopic (exact) mass is 339 g/mol. The zero-order chi connectivity index (χ0) is 16.2. The molecule has 1 aliphatic rings. The van der Waals surface area contributed by atoms with E-state index in [0.717, 1.165) is 24.1 Å². The Morgan fingerprint density at radius 3 is 3.22 bits per heavy atom. The molecule has 0 radical (unpaired) electrons. The molecule has 23 heavy (non-hydrogen) atoms. The molecule has 1 saturated heterocycles. The minimum atomic E-state index is -2.40. The summed E-state index contributed by atoms with van der Waals surface area (Å²) in [5, 5.41) is 6.70. The number of aldehydes is 1. The molecule has 0 amide bonds. The lowest BCUT2D eigenvalue weighted by Gasteiger charge is -2.14. The van der Waals surface area contributed by atoms with Crippen LogP contribution < -0.4 is 10.8 Å². The summed E-state index contributed by atoms with van der Waals surface area (Å²) in [5.41, 5.74) is 7.47. The van der Waals surface area contributed by atoms with Gasteiger partial charge in [0, 0.05) is 0 Å². The number of hydrogen-bond acceptors (Lipinski definition) is 7. The number of nitrogen functional groups attached to an aromatic ring is 1. The highest BCUT2D eigenvalue weighted by atomic mass is 31.1. The van der Waals surface area contributed by atoms with Gasteiger partial charge in [0.2, 0.25) is 0 Å². The van der Waals surface area contributed by atoms with Crippen LogP contribution in [0.3, 0.4) is 0 Å². The molecule has 0 spiro atoms. The van der Waals surface area contributed by atoms with Gasteiger partial charge in [0.15, 0.2) is 5.82 Å². The lowest BCUT2D eigenvalue weighted by molar-refractivity contribution is -0.106. The summed E-state index contributed by atoms with van der Waals surface area (Å²) in [7, 11) is -2.40. The first-order valence-electron chi connectivity index (χ1n) is 7.27. The number of nitrogens with zero attached hydrogens (tertiary/aromatic N) is 3. The van der Waals surface area contributed by atoms with E-state index in [4.69, 9.17) is 15.0 Å². The molecule has 10 heteroatoms. The molecule has 1 fully saturated rings. The third-order valence-electron chi connectivity index (χ3n) is 3.68. The highest BCUT2D eigenvalue weighted by molar-refractivity contribution is 7.36. The molecule has 2 aromatic heterocycles. The second-order valence-electron chi connectivity index (χ2n) is 5.17. The normalized spacial score (nSPS) is 22.4. The van der Waals surface area contributed by atoms with Crippen molar-refractivity contribution >= 4 is 25.8 Å². The predicted octanol–water partition coefficient (Wildman–Crippen LogP) is 0.726. The molecular formula is C13H18N5O4P. The number of nitrogens with two attached hydrogens (primary N) is 1. The molecule has 2 aromatic rings. The summed E-state index contributed by atoms with van der Waals surface area (Å²) in [6.07, 6.45) is 3.39. The molecule has 0 aromatic carbocycles. The Bertz CT molecular complexity index is 721. The molecular weight excluding hydrogens is 321 g/mol.